The zero-order valence-corrected chi connectivity index (χ0v) is 13.5. The van der Waals surface area contributed by atoms with Crippen molar-refractivity contribution in [3.8, 4) is 0 Å². The maximum absolute atomic E-state index is 12.2. The second-order valence-electron chi connectivity index (χ2n) is 4.50. The van der Waals surface area contributed by atoms with Gasteiger partial charge in [0.15, 0.2) is 0 Å². The first kappa shape index (κ1) is 15.5. The van der Waals surface area contributed by atoms with Gasteiger partial charge in [0.05, 0.1) is 16.1 Å². The van der Waals surface area contributed by atoms with Gasteiger partial charge in [-0.05, 0) is 58.7 Å². The number of hydrogen-bond donors (Lipinski definition) is 2. The van der Waals surface area contributed by atoms with E-state index in [1.807, 2.05) is 19.1 Å². The lowest BCUT2D eigenvalue weighted by Crippen LogP contribution is -2.15. The summed E-state index contributed by atoms with van der Waals surface area (Å²) < 4.78 is 0.698. The predicted molar refractivity (Wildman–Crippen MR) is 86.8 cm³/mol. The molecule has 6 heteroatoms. The lowest BCUT2D eigenvalue weighted by atomic mass is 10.1. The Hall–Kier alpha value is -1.85. The zero-order valence-electron chi connectivity index (χ0n) is 11.1. The summed E-state index contributed by atoms with van der Waals surface area (Å²) in [6.07, 6.45) is 0. The predicted octanol–water partition coefficient (Wildman–Crippen LogP) is 3.76. The molecule has 0 saturated carbocycles. The molecule has 0 aliphatic rings. The number of carbonyl (C=O) groups is 2. The van der Waals surface area contributed by atoms with Crippen LogP contribution in [0, 0.1) is 6.92 Å². The van der Waals surface area contributed by atoms with E-state index in [0.29, 0.717) is 15.7 Å². The van der Waals surface area contributed by atoms with Crippen LogP contribution < -0.4 is 11.1 Å². The van der Waals surface area contributed by atoms with Gasteiger partial charge in [-0.25, -0.2) is 0 Å². The van der Waals surface area contributed by atoms with Crippen molar-refractivity contribution in [2.75, 3.05) is 5.32 Å². The molecule has 0 unspecified atom stereocenters. The van der Waals surface area contributed by atoms with Crippen molar-refractivity contribution in [1.29, 1.82) is 0 Å². The summed E-state index contributed by atoms with van der Waals surface area (Å²) in [6, 6.07) is 9.99. The normalized spacial score (nSPS) is 10.2. The molecule has 3 N–H and O–H groups in total. The van der Waals surface area contributed by atoms with Crippen molar-refractivity contribution in [2.45, 2.75) is 6.92 Å². The molecule has 0 aromatic heterocycles. The van der Waals surface area contributed by atoms with Gasteiger partial charge < -0.3 is 11.1 Å². The molecule has 0 aliphatic carbocycles. The molecule has 21 heavy (non-hydrogen) atoms. The van der Waals surface area contributed by atoms with E-state index in [9.17, 15) is 9.59 Å². The lowest BCUT2D eigenvalue weighted by molar-refractivity contribution is 0.0996. The topological polar surface area (TPSA) is 72.2 Å². The third kappa shape index (κ3) is 3.62. The Balaban J connectivity index is 2.27. The van der Waals surface area contributed by atoms with Gasteiger partial charge in [-0.1, -0.05) is 17.7 Å². The van der Waals surface area contributed by atoms with E-state index in [0.717, 1.165) is 5.56 Å². The highest BCUT2D eigenvalue weighted by Crippen LogP contribution is 2.23. The Bertz CT molecular complexity index is 732. The average molecular weight is 368 g/mol. The largest absolute Gasteiger partial charge is 0.366 e. The van der Waals surface area contributed by atoms with Crippen LogP contribution in [-0.2, 0) is 0 Å². The van der Waals surface area contributed by atoms with E-state index in [1.165, 1.54) is 12.1 Å². The fourth-order valence-electron chi connectivity index (χ4n) is 1.79. The molecule has 2 aromatic rings. The van der Waals surface area contributed by atoms with Crippen molar-refractivity contribution in [1.82, 2.24) is 0 Å². The van der Waals surface area contributed by atoms with Crippen LogP contribution in [0.1, 0.15) is 26.3 Å². The molecule has 0 fully saturated rings. The third-order valence-electron chi connectivity index (χ3n) is 2.86. The van der Waals surface area contributed by atoms with E-state index in [4.69, 9.17) is 17.3 Å². The Labute approximate surface area is 135 Å². The van der Waals surface area contributed by atoms with Crippen LogP contribution in [0.3, 0.4) is 0 Å². The monoisotopic (exact) mass is 366 g/mol. The molecule has 0 aliphatic heterocycles. The Morgan fingerprint density at radius 1 is 1.14 bits per heavy atom. The van der Waals surface area contributed by atoms with Crippen molar-refractivity contribution in [3.05, 3.63) is 62.6 Å². The summed E-state index contributed by atoms with van der Waals surface area (Å²) in [5.74, 6) is -0.938. The minimum Gasteiger partial charge on any atom is -0.366 e. The second-order valence-corrected chi connectivity index (χ2v) is 5.76. The average Bonchev–Trinajstić information content (AvgIpc) is 2.40. The molecule has 0 saturated heterocycles. The molecule has 0 spiro atoms. The maximum Gasteiger partial charge on any atom is 0.256 e. The third-order valence-corrected chi connectivity index (χ3v) is 3.84. The highest BCUT2D eigenvalue weighted by Gasteiger charge is 2.12. The Morgan fingerprint density at radius 3 is 2.48 bits per heavy atom. The lowest BCUT2D eigenvalue weighted by Gasteiger charge is -2.09. The first-order valence-electron chi connectivity index (χ1n) is 6.05. The summed E-state index contributed by atoms with van der Waals surface area (Å²) >= 11 is 9.22. The van der Waals surface area contributed by atoms with Gasteiger partial charge in [-0.2, -0.15) is 0 Å². The van der Waals surface area contributed by atoms with Crippen LogP contribution in [0.25, 0.3) is 0 Å². The smallest absolute Gasteiger partial charge is 0.256 e. The minimum absolute atomic E-state index is 0.164. The van der Waals surface area contributed by atoms with Gasteiger partial charge in [-0.3, -0.25) is 9.59 Å². The van der Waals surface area contributed by atoms with E-state index in [2.05, 4.69) is 21.2 Å². The van der Waals surface area contributed by atoms with Crippen molar-refractivity contribution >= 4 is 45.0 Å². The number of hydrogen-bond acceptors (Lipinski definition) is 2. The molecule has 2 rings (SSSR count). The first-order chi connectivity index (χ1) is 9.88. The highest BCUT2D eigenvalue weighted by atomic mass is 79.9. The molecular weight excluding hydrogens is 356 g/mol. The first-order valence-corrected chi connectivity index (χ1v) is 7.22. The SMILES string of the molecule is Cc1ccc(C(=O)Nc2ccc(Cl)c(C(N)=O)c2)c(Br)c1. The maximum atomic E-state index is 12.2. The van der Waals surface area contributed by atoms with E-state index in [-0.39, 0.29) is 16.5 Å². The number of anilines is 1. The highest BCUT2D eigenvalue weighted by molar-refractivity contribution is 9.10. The molecule has 2 aromatic carbocycles. The summed E-state index contributed by atoms with van der Waals surface area (Å²) in [7, 11) is 0. The fourth-order valence-corrected chi connectivity index (χ4v) is 2.68. The Kier molecular flexibility index (Phi) is 4.65. The van der Waals surface area contributed by atoms with Crippen molar-refractivity contribution in [3.63, 3.8) is 0 Å². The van der Waals surface area contributed by atoms with Crippen LogP contribution in [0.2, 0.25) is 5.02 Å². The van der Waals surface area contributed by atoms with Crippen LogP contribution >= 0.6 is 27.5 Å². The number of nitrogens with two attached hydrogens (primary N) is 1. The molecular formula is C15H12BrClN2O2. The molecule has 0 heterocycles. The van der Waals surface area contributed by atoms with Gasteiger partial charge in [0.25, 0.3) is 5.91 Å². The molecule has 0 atom stereocenters. The summed E-state index contributed by atoms with van der Waals surface area (Å²) in [6.45, 7) is 1.94. The van der Waals surface area contributed by atoms with Gasteiger partial charge in [-0.15, -0.1) is 0 Å². The van der Waals surface area contributed by atoms with Crippen LogP contribution in [0.4, 0.5) is 5.69 Å². The van der Waals surface area contributed by atoms with Gasteiger partial charge >= 0.3 is 0 Å². The van der Waals surface area contributed by atoms with E-state index >= 15 is 0 Å². The van der Waals surface area contributed by atoms with Gasteiger partial charge in [0.1, 0.15) is 0 Å². The summed E-state index contributed by atoms with van der Waals surface area (Å²) in [4.78, 5) is 23.5. The number of rotatable bonds is 3. The van der Waals surface area contributed by atoms with Crippen molar-refractivity contribution < 1.29 is 9.59 Å². The molecule has 108 valence electrons. The summed E-state index contributed by atoms with van der Waals surface area (Å²) in [5, 5.41) is 2.95. The molecule has 2 amide bonds. The van der Waals surface area contributed by atoms with Crippen LogP contribution in [0.5, 0.6) is 0 Å². The quantitative estimate of drug-likeness (QED) is 0.867. The number of benzene rings is 2. The fraction of sp³-hybridized carbons (Fsp3) is 0.0667. The standard InChI is InChI=1S/C15H12BrClN2O2/c1-8-2-4-10(12(16)6-8)15(21)19-9-3-5-13(17)11(7-9)14(18)20/h2-7H,1H3,(H2,18,20)(H,19,21). The van der Waals surface area contributed by atoms with E-state index in [1.54, 1.807) is 12.1 Å². The number of primary amides is 1. The number of amides is 2. The number of carbonyl (C=O) groups excluding carboxylic acids is 2. The zero-order chi connectivity index (χ0) is 15.6. The number of nitrogens with one attached hydrogen (secondary N) is 1. The second kappa shape index (κ2) is 6.28. The van der Waals surface area contributed by atoms with Crippen molar-refractivity contribution in [2.24, 2.45) is 5.73 Å². The minimum atomic E-state index is -0.646. The number of aryl methyl sites for hydroxylation is 1. The van der Waals surface area contributed by atoms with Crippen LogP contribution in [0.15, 0.2) is 40.9 Å². The summed E-state index contributed by atoms with van der Waals surface area (Å²) in [5.41, 5.74) is 7.38. The van der Waals surface area contributed by atoms with Gasteiger partial charge in [0.2, 0.25) is 5.91 Å². The Morgan fingerprint density at radius 2 is 1.86 bits per heavy atom. The molecule has 0 radical (unpaired) electrons. The molecule has 0 bridgehead atoms. The molecule has 4 nitrogen and oxygen atoms in total. The van der Waals surface area contributed by atoms with E-state index < -0.39 is 5.91 Å². The van der Waals surface area contributed by atoms with Crippen LogP contribution in [-0.4, -0.2) is 11.8 Å². The number of halogens is 2. The van der Waals surface area contributed by atoms with Gasteiger partial charge in [0, 0.05) is 10.2 Å².